The number of anilines is 1. The summed E-state index contributed by atoms with van der Waals surface area (Å²) < 4.78 is 6.74. The van der Waals surface area contributed by atoms with Crippen LogP contribution in [0.25, 0.3) is 5.65 Å². The maximum atomic E-state index is 12.7. The van der Waals surface area contributed by atoms with Gasteiger partial charge in [0.1, 0.15) is 22.1 Å². The Balaban J connectivity index is 1.90. The molecule has 2 heterocycles. The molecule has 10 heteroatoms. The van der Waals surface area contributed by atoms with Gasteiger partial charge in [0.05, 0.1) is 12.3 Å². The van der Waals surface area contributed by atoms with E-state index in [9.17, 15) is 14.7 Å². The molecule has 2 aromatic heterocycles. The summed E-state index contributed by atoms with van der Waals surface area (Å²) in [7, 11) is 1.53. The largest absolute Gasteiger partial charge is 0.443 e. The number of amides is 2. The lowest BCUT2D eigenvalue weighted by molar-refractivity contribution is 0.0587. The number of halogens is 1. The zero-order valence-corrected chi connectivity index (χ0v) is 17.0. The summed E-state index contributed by atoms with van der Waals surface area (Å²) in [6, 6.07) is 1.38. The lowest BCUT2D eigenvalue weighted by Crippen LogP contribution is -2.35. The summed E-state index contributed by atoms with van der Waals surface area (Å²) in [6.07, 6.45) is 2.30. The Morgan fingerprint density at radius 2 is 2.11 bits per heavy atom. The van der Waals surface area contributed by atoms with Crippen molar-refractivity contribution in [3.8, 4) is 0 Å². The van der Waals surface area contributed by atoms with Gasteiger partial charge in [-0.25, -0.2) is 9.78 Å². The van der Waals surface area contributed by atoms with E-state index >= 15 is 0 Å². The molecule has 9 nitrogen and oxygen atoms in total. The van der Waals surface area contributed by atoms with E-state index in [1.807, 2.05) is 0 Å². The van der Waals surface area contributed by atoms with Crippen molar-refractivity contribution < 1.29 is 19.4 Å². The Morgan fingerprint density at radius 1 is 1.39 bits per heavy atom. The van der Waals surface area contributed by atoms with Gasteiger partial charge in [-0.05, 0) is 40.0 Å². The average molecular weight is 410 g/mol. The van der Waals surface area contributed by atoms with Crippen LogP contribution in [0.15, 0.2) is 12.3 Å². The highest BCUT2D eigenvalue weighted by Crippen LogP contribution is 2.24. The molecule has 0 aliphatic heterocycles. The average Bonchev–Trinajstić information content (AvgIpc) is 3.17. The third-order valence-electron chi connectivity index (χ3n) is 4.42. The molecule has 1 aliphatic carbocycles. The molecule has 2 amide bonds. The van der Waals surface area contributed by atoms with Crippen LogP contribution in [-0.4, -0.2) is 56.5 Å². The van der Waals surface area contributed by atoms with Gasteiger partial charge in [-0.1, -0.05) is 11.6 Å². The maximum absolute atomic E-state index is 12.7. The summed E-state index contributed by atoms with van der Waals surface area (Å²) in [5.41, 5.74) is -0.195. The van der Waals surface area contributed by atoms with Crippen molar-refractivity contribution in [3.63, 3.8) is 0 Å². The number of rotatable bonds is 3. The Kier molecular flexibility index (Phi) is 5.49. The van der Waals surface area contributed by atoms with Gasteiger partial charge in [0.15, 0.2) is 5.65 Å². The van der Waals surface area contributed by atoms with E-state index in [1.54, 1.807) is 20.8 Å². The maximum Gasteiger partial charge on any atom is 0.415 e. The minimum absolute atomic E-state index is 0.0967. The number of fused-ring (bicyclic) bond motifs is 1. The van der Waals surface area contributed by atoms with Gasteiger partial charge in [-0.3, -0.25) is 9.69 Å². The van der Waals surface area contributed by atoms with Crippen LogP contribution in [0.3, 0.4) is 0 Å². The molecule has 2 N–H and O–H groups in total. The van der Waals surface area contributed by atoms with Crippen molar-refractivity contribution >= 4 is 35.1 Å². The second-order valence-electron chi connectivity index (χ2n) is 7.91. The van der Waals surface area contributed by atoms with E-state index in [4.69, 9.17) is 16.3 Å². The summed E-state index contributed by atoms with van der Waals surface area (Å²) >= 11 is 6.13. The van der Waals surface area contributed by atoms with Gasteiger partial charge in [-0.2, -0.15) is 9.61 Å². The molecule has 2 atom stereocenters. The SMILES string of the molecule is CN(C(=O)OC(C)(C)C)c1cc(Cl)nc2c(C(=O)N[C@@H]3CC[C@H](O)C3)cnn12. The van der Waals surface area contributed by atoms with Crippen LogP contribution < -0.4 is 10.2 Å². The van der Waals surface area contributed by atoms with Crippen LogP contribution in [0, 0.1) is 0 Å². The molecule has 0 spiro atoms. The van der Waals surface area contributed by atoms with Crippen molar-refractivity contribution in [3.05, 3.63) is 23.0 Å². The molecule has 0 radical (unpaired) electrons. The Morgan fingerprint density at radius 3 is 2.71 bits per heavy atom. The highest BCUT2D eigenvalue weighted by molar-refractivity contribution is 6.30. The fourth-order valence-corrected chi connectivity index (χ4v) is 3.27. The number of nitrogens with one attached hydrogen (secondary N) is 1. The first-order chi connectivity index (χ1) is 13.0. The van der Waals surface area contributed by atoms with Gasteiger partial charge in [0, 0.05) is 19.2 Å². The molecule has 28 heavy (non-hydrogen) atoms. The summed E-state index contributed by atoms with van der Waals surface area (Å²) in [5, 5.41) is 16.8. The van der Waals surface area contributed by atoms with Crippen LogP contribution in [0.1, 0.15) is 50.4 Å². The van der Waals surface area contributed by atoms with Crippen molar-refractivity contribution in [1.82, 2.24) is 19.9 Å². The quantitative estimate of drug-likeness (QED) is 0.753. The molecule has 152 valence electrons. The minimum Gasteiger partial charge on any atom is -0.443 e. The van der Waals surface area contributed by atoms with Crippen molar-refractivity contribution in [1.29, 1.82) is 0 Å². The predicted octanol–water partition coefficient (Wildman–Crippen LogP) is 2.40. The number of ether oxygens (including phenoxy) is 1. The summed E-state index contributed by atoms with van der Waals surface area (Å²) in [6.45, 7) is 5.30. The lowest BCUT2D eigenvalue weighted by atomic mass is 10.2. The van der Waals surface area contributed by atoms with E-state index < -0.39 is 17.8 Å². The monoisotopic (exact) mass is 409 g/mol. The molecule has 0 unspecified atom stereocenters. The number of hydrogen-bond donors (Lipinski definition) is 2. The first kappa shape index (κ1) is 20.3. The molecule has 0 bridgehead atoms. The molecule has 1 saturated carbocycles. The minimum atomic E-state index is -0.664. The summed E-state index contributed by atoms with van der Waals surface area (Å²) in [4.78, 5) is 30.5. The van der Waals surface area contributed by atoms with Crippen LogP contribution in [0.4, 0.5) is 10.6 Å². The van der Waals surface area contributed by atoms with Gasteiger partial charge < -0.3 is 15.2 Å². The molecule has 0 saturated heterocycles. The van der Waals surface area contributed by atoms with E-state index in [2.05, 4.69) is 15.4 Å². The standard InChI is InChI=1S/C18H24ClN5O4/c1-18(2,3)28-17(27)23(4)14-8-13(19)22-15-12(9-20-24(14)15)16(26)21-10-5-6-11(25)7-10/h8-11,25H,5-7H2,1-4H3,(H,21,26)/t10-,11+/m1/s1. The molecular formula is C18H24ClN5O4. The lowest BCUT2D eigenvalue weighted by Gasteiger charge is -2.24. The van der Waals surface area contributed by atoms with E-state index in [0.29, 0.717) is 25.1 Å². The fourth-order valence-electron chi connectivity index (χ4n) is 3.09. The number of aliphatic hydroxyl groups is 1. The highest BCUT2D eigenvalue weighted by Gasteiger charge is 2.27. The number of aliphatic hydroxyl groups excluding tert-OH is 1. The molecule has 1 aliphatic rings. The second-order valence-corrected chi connectivity index (χ2v) is 8.29. The van der Waals surface area contributed by atoms with Gasteiger partial charge in [-0.15, -0.1) is 0 Å². The highest BCUT2D eigenvalue weighted by atomic mass is 35.5. The van der Waals surface area contributed by atoms with Crippen LogP contribution >= 0.6 is 11.6 Å². The van der Waals surface area contributed by atoms with E-state index in [-0.39, 0.29) is 28.3 Å². The van der Waals surface area contributed by atoms with Gasteiger partial charge >= 0.3 is 6.09 Å². The van der Waals surface area contributed by atoms with Crippen LogP contribution in [-0.2, 0) is 4.74 Å². The van der Waals surface area contributed by atoms with Crippen molar-refractivity contribution in [2.45, 2.75) is 57.8 Å². The Bertz CT molecular complexity index is 907. The number of nitrogens with zero attached hydrogens (tertiary/aromatic N) is 4. The molecule has 0 aromatic carbocycles. The predicted molar refractivity (Wildman–Crippen MR) is 104 cm³/mol. The Hall–Kier alpha value is -2.39. The first-order valence-electron chi connectivity index (χ1n) is 9.05. The molecule has 3 rings (SSSR count). The van der Waals surface area contributed by atoms with Crippen LogP contribution in [0.5, 0.6) is 0 Å². The Labute approximate surface area is 167 Å². The molecule has 1 fully saturated rings. The third kappa shape index (κ3) is 4.36. The van der Waals surface area contributed by atoms with Gasteiger partial charge in [0.2, 0.25) is 0 Å². The third-order valence-corrected chi connectivity index (χ3v) is 4.61. The first-order valence-corrected chi connectivity index (χ1v) is 9.43. The topological polar surface area (TPSA) is 109 Å². The van der Waals surface area contributed by atoms with Gasteiger partial charge in [0.25, 0.3) is 5.91 Å². The number of aromatic nitrogens is 3. The number of carbonyl (C=O) groups excluding carboxylic acids is 2. The van der Waals surface area contributed by atoms with Crippen LogP contribution in [0.2, 0.25) is 5.15 Å². The zero-order valence-electron chi connectivity index (χ0n) is 16.3. The van der Waals surface area contributed by atoms with Crippen molar-refractivity contribution in [2.75, 3.05) is 11.9 Å². The smallest absolute Gasteiger partial charge is 0.415 e. The van der Waals surface area contributed by atoms with Crippen molar-refractivity contribution in [2.24, 2.45) is 0 Å². The zero-order chi connectivity index (χ0) is 20.6. The number of carbonyl (C=O) groups is 2. The fraction of sp³-hybridized carbons (Fsp3) is 0.556. The second kappa shape index (κ2) is 7.56. The normalized spacial score (nSPS) is 19.6. The van der Waals surface area contributed by atoms with E-state index in [0.717, 1.165) is 0 Å². The number of hydrogen-bond acceptors (Lipinski definition) is 6. The summed E-state index contributed by atoms with van der Waals surface area (Å²) in [5.74, 6) is -0.0330. The molecular weight excluding hydrogens is 386 g/mol. The van der Waals surface area contributed by atoms with E-state index in [1.165, 1.54) is 28.7 Å². The molecule has 2 aromatic rings.